The second-order valence-electron chi connectivity index (χ2n) is 7.62. The van der Waals surface area contributed by atoms with E-state index < -0.39 is 0 Å². The van der Waals surface area contributed by atoms with Crippen LogP contribution in [0.15, 0.2) is 18.2 Å². The maximum Gasteiger partial charge on any atom is 0.225 e. The molecule has 1 aromatic carbocycles. The molecule has 2 saturated heterocycles. The van der Waals surface area contributed by atoms with Gasteiger partial charge in [0.25, 0.3) is 0 Å². The van der Waals surface area contributed by atoms with E-state index in [1.54, 1.807) is 19.1 Å². The van der Waals surface area contributed by atoms with Crippen molar-refractivity contribution in [2.75, 3.05) is 46.9 Å². The molecule has 7 nitrogen and oxygen atoms in total. The van der Waals surface area contributed by atoms with Crippen molar-refractivity contribution in [2.24, 2.45) is 11.8 Å². The molecule has 162 valence electrons. The van der Waals surface area contributed by atoms with Crippen LogP contribution >= 0.6 is 12.4 Å². The van der Waals surface area contributed by atoms with Crippen LogP contribution in [0.3, 0.4) is 0 Å². The van der Waals surface area contributed by atoms with Gasteiger partial charge in [-0.25, -0.2) is 0 Å². The van der Waals surface area contributed by atoms with Crippen molar-refractivity contribution in [2.45, 2.75) is 25.7 Å². The van der Waals surface area contributed by atoms with Gasteiger partial charge in [0.2, 0.25) is 11.8 Å². The molecule has 0 radical (unpaired) electrons. The zero-order chi connectivity index (χ0) is 19.9. The molecule has 29 heavy (non-hydrogen) atoms. The van der Waals surface area contributed by atoms with E-state index in [0.29, 0.717) is 43.5 Å². The number of hydrogen-bond donors (Lipinski definition) is 2. The van der Waals surface area contributed by atoms with E-state index in [-0.39, 0.29) is 30.1 Å². The van der Waals surface area contributed by atoms with Crippen molar-refractivity contribution >= 4 is 24.2 Å². The van der Waals surface area contributed by atoms with Crippen LogP contribution in [0.2, 0.25) is 0 Å². The number of methoxy groups -OCH3 is 2. The van der Waals surface area contributed by atoms with E-state index in [1.165, 1.54) is 6.42 Å². The van der Waals surface area contributed by atoms with E-state index in [4.69, 9.17) is 9.47 Å². The minimum Gasteiger partial charge on any atom is -0.493 e. The molecule has 0 saturated carbocycles. The summed E-state index contributed by atoms with van der Waals surface area (Å²) in [5, 5.41) is 6.36. The lowest BCUT2D eigenvalue weighted by atomic mass is 10.0. The Balaban J connectivity index is 0.00000300. The predicted octanol–water partition coefficient (Wildman–Crippen LogP) is 1.63. The van der Waals surface area contributed by atoms with Gasteiger partial charge < -0.3 is 25.0 Å². The number of nitrogens with one attached hydrogen (secondary N) is 2. The van der Waals surface area contributed by atoms with Crippen LogP contribution in [0, 0.1) is 11.8 Å². The average molecular weight is 426 g/mol. The Bertz CT molecular complexity index is 695. The van der Waals surface area contributed by atoms with Crippen molar-refractivity contribution < 1.29 is 19.1 Å². The van der Waals surface area contributed by atoms with Crippen molar-refractivity contribution in [1.82, 2.24) is 15.5 Å². The number of halogens is 1. The summed E-state index contributed by atoms with van der Waals surface area (Å²) >= 11 is 0. The number of carbonyl (C=O) groups excluding carboxylic acids is 2. The molecule has 3 rings (SSSR count). The Kier molecular flexibility index (Phi) is 9.04. The summed E-state index contributed by atoms with van der Waals surface area (Å²) in [5.74, 6) is 1.85. The first kappa shape index (κ1) is 23.3. The van der Waals surface area contributed by atoms with E-state index in [1.807, 2.05) is 18.2 Å². The standard InChI is InChI=1S/C21H31N3O4.ClH/c1-27-18-4-3-15(11-19(18)28-2)7-10-24-14-17(12-20(24)25)21(26)23-9-6-16-5-8-22-13-16;/h3-4,11,16-17,22H,5-10,12-14H2,1-2H3,(H,23,26);1H. The van der Waals surface area contributed by atoms with Crippen molar-refractivity contribution in [1.29, 1.82) is 0 Å². The summed E-state index contributed by atoms with van der Waals surface area (Å²) in [7, 11) is 3.22. The number of likely N-dealkylation sites (tertiary alicyclic amines) is 1. The molecule has 2 unspecified atom stereocenters. The van der Waals surface area contributed by atoms with E-state index in [9.17, 15) is 9.59 Å². The quantitative estimate of drug-likeness (QED) is 0.628. The van der Waals surface area contributed by atoms with Crippen molar-refractivity contribution in [3.05, 3.63) is 23.8 Å². The lowest BCUT2D eigenvalue weighted by Crippen LogP contribution is -2.34. The molecule has 0 bridgehead atoms. The van der Waals surface area contributed by atoms with Crippen LogP contribution < -0.4 is 20.1 Å². The predicted molar refractivity (Wildman–Crippen MR) is 114 cm³/mol. The number of carbonyl (C=O) groups is 2. The minimum atomic E-state index is -0.236. The monoisotopic (exact) mass is 425 g/mol. The maximum atomic E-state index is 12.4. The molecule has 2 aliphatic heterocycles. The number of benzene rings is 1. The zero-order valence-corrected chi connectivity index (χ0v) is 18.1. The lowest BCUT2D eigenvalue weighted by molar-refractivity contribution is -0.129. The molecule has 0 spiro atoms. The van der Waals surface area contributed by atoms with Gasteiger partial charge in [-0.05, 0) is 56.0 Å². The summed E-state index contributed by atoms with van der Waals surface area (Å²) in [4.78, 5) is 26.5. The Morgan fingerprint density at radius 3 is 2.76 bits per heavy atom. The number of nitrogens with zero attached hydrogens (tertiary/aromatic N) is 1. The molecule has 2 amide bonds. The Morgan fingerprint density at radius 1 is 1.28 bits per heavy atom. The fourth-order valence-corrected chi connectivity index (χ4v) is 3.97. The lowest BCUT2D eigenvalue weighted by Gasteiger charge is -2.17. The first-order valence-corrected chi connectivity index (χ1v) is 10.1. The summed E-state index contributed by atoms with van der Waals surface area (Å²) in [6.45, 7) is 3.92. The minimum absolute atomic E-state index is 0. The van der Waals surface area contributed by atoms with Gasteiger partial charge in [-0.1, -0.05) is 6.07 Å². The van der Waals surface area contributed by atoms with Gasteiger partial charge in [0.05, 0.1) is 20.1 Å². The topological polar surface area (TPSA) is 79.9 Å². The first-order valence-electron chi connectivity index (χ1n) is 10.1. The van der Waals surface area contributed by atoms with Crippen molar-refractivity contribution in [3.63, 3.8) is 0 Å². The number of rotatable bonds is 9. The third kappa shape index (κ3) is 6.24. The summed E-state index contributed by atoms with van der Waals surface area (Å²) in [5.41, 5.74) is 1.07. The average Bonchev–Trinajstić information content (AvgIpc) is 3.35. The SMILES string of the molecule is COc1ccc(CCN2CC(C(=O)NCCC3CCNC3)CC2=O)cc1OC.Cl. The van der Waals surface area contributed by atoms with Gasteiger partial charge in [-0.15, -0.1) is 12.4 Å². The van der Waals surface area contributed by atoms with E-state index in [0.717, 1.165) is 31.5 Å². The highest BCUT2D eigenvalue weighted by Crippen LogP contribution is 2.28. The molecular formula is C21H32ClN3O4. The molecule has 0 aliphatic carbocycles. The van der Waals surface area contributed by atoms with Crippen LogP contribution in [0.4, 0.5) is 0 Å². The third-order valence-corrected chi connectivity index (χ3v) is 5.72. The molecule has 2 heterocycles. The highest BCUT2D eigenvalue weighted by molar-refractivity contribution is 5.89. The summed E-state index contributed by atoms with van der Waals surface area (Å²) < 4.78 is 10.6. The highest BCUT2D eigenvalue weighted by atomic mass is 35.5. The van der Waals surface area contributed by atoms with Crippen LogP contribution in [0.1, 0.15) is 24.8 Å². The molecule has 1 aromatic rings. The number of hydrogen-bond acceptors (Lipinski definition) is 5. The molecule has 2 atom stereocenters. The van der Waals surface area contributed by atoms with Gasteiger partial charge in [0, 0.05) is 26.1 Å². The fraction of sp³-hybridized carbons (Fsp3) is 0.619. The zero-order valence-electron chi connectivity index (χ0n) is 17.2. The van der Waals surface area contributed by atoms with Crippen molar-refractivity contribution in [3.8, 4) is 11.5 Å². The normalized spacial score (nSPS) is 21.0. The Labute approximate surface area is 178 Å². The van der Waals surface area contributed by atoms with Crippen LogP contribution in [-0.4, -0.2) is 63.7 Å². The van der Waals surface area contributed by atoms with Gasteiger partial charge in [-0.3, -0.25) is 9.59 Å². The van der Waals surface area contributed by atoms with Gasteiger partial charge in [0.1, 0.15) is 0 Å². The summed E-state index contributed by atoms with van der Waals surface area (Å²) in [6.07, 6.45) is 3.21. The first-order chi connectivity index (χ1) is 13.6. The smallest absolute Gasteiger partial charge is 0.225 e. The Hall–Kier alpha value is -1.99. The fourth-order valence-electron chi connectivity index (χ4n) is 3.97. The second-order valence-corrected chi connectivity index (χ2v) is 7.62. The maximum absolute atomic E-state index is 12.4. The van der Waals surface area contributed by atoms with Crippen LogP contribution in [0.5, 0.6) is 11.5 Å². The largest absolute Gasteiger partial charge is 0.493 e. The van der Waals surface area contributed by atoms with Crippen LogP contribution in [-0.2, 0) is 16.0 Å². The van der Waals surface area contributed by atoms with E-state index >= 15 is 0 Å². The molecule has 2 N–H and O–H groups in total. The van der Waals surface area contributed by atoms with Gasteiger partial charge >= 0.3 is 0 Å². The highest BCUT2D eigenvalue weighted by Gasteiger charge is 2.33. The molecule has 0 aromatic heterocycles. The van der Waals surface area contributed by atoms with Crippen LogP contribution in [0.25, 0.3) is 0 Å². The third-order valence-electron chi connectivity index (χ3n) is 5.72. The van der Waals surface area contributed by atoms with Gasteiger partial charge in [0.15, 0.2) is 11.5 Å². The molecular weight excluding hydrogens is 394 g/mol. The Morgan fingerprint density at radius 2 is 2.07 bits per heavy atom. The van der Waals surface area contributed by atoms with Gasteiger partial charge in [-0.2, -0.15) is 0 Å². The number of amides is 2. The molecule has 8 heteroatoms. The molecule has 2 aliphatic rings. The second kappa shape index (κ2) is 11.3. The molecule has 2 fully saturated rings. The summed E-state index contributed by atoms with van der Waals surface area (Å²) in [6, 6.07) is 5.78. The van der Waals surface area contributed by atoms with E-state index in [2.05, 4.69) is 10.6 Å². The number of ether oxygens (including phenoxy) is 2.